The van der Waals surface area contributed by atoms with E-state index in [-0.39, 0.29) is 36.5 Å². The van der Waals surface area contributed by atoms with Crippen LogP contribution in [0.2, 0.25) is 0 Å². The third-order valence-electron chi connectivity index (χ3n) is 5.41. The number of aliphatic hydroxyl groups excluding tert-OH is 1. The van der Waals surface area contributed by atoms with E-state index < -0.39 is 6.10 Å². The molecule has 2 fully saturated rings. The number of aliphatic hydroxyl groups is 1. The molecule has 3 atom stereocenters. The Morgan fingerprint density at radius 2 is 1.89 bits per heavy atom. The molecule has 2 saturated heterocycles. The van der Waals surface area contributed by atoms with Crippen molar-refractivity contribution in [2.45, 2.75) is 50.4 Å². The average Bonchev–Trinajstić information content (AvgIpc) is 2.75. The van der Waals surface area contributed by atoms with E-state index in [1.807, 2.05) is 0 Å². The van der Waals surface area contributed by atoms with Crippen LogP contribution in [-0.4, -0.2) is 66.5 Å². The molecule has 2 aliphatic rings. The summed E-state index contributed by atoms with van der Waals surface area (Å²) in [5, 5.41) is 15.6. The minimum atomic E-state index is -0.448. The molecule has 0 aromatic carbocycles. The summed E-state index contributed by atoms with van der Waals surface area (Å²) in [6, 6.07) is 3.06. The van der Waals surface area contributed by atoms with Crippen molar-refractivity contribution in [1.29, 1.82) is 0 Å². The molecule has 0 bridgehead atoms. The van der Waals surface area contributed by atoms with Crippen LogP contribution in [0.15, 0.2) is 24.5 Å². The molecule has 154 valence electrons. The van der Waals surface area contributed by atoms with E-state index >= 15 is 0 Å². The molecule has 3 heterocycles. The van der Waals surface area contributed by atoms with Crippen LogP contribution < -0.4 is 10.6 Å². The van der Waals surface area contributed by atoms with E-state index in [1.54, 1.807) is 24.5 Å². The second-order valence-corrected chi connectivity index (χ2v) is 7.34. The fourth-order valence-electron chi connectivity index (χ4n) is 3.72. The number of aromatic nitrogens is 1. The van der Waals surface area contributed by atoms with Gasteiger partial charge in [-0.05, 0) is 44.2 Å². The average molecular weight is 391 g/mol. The van der Waals surface area contributed by atoms with Crippen LogP contribution in [0, 0.1) is 5.92 Å². The minimum absolute atomic E-state index is 0.0405. The normalized spacial score (nSPS) is 25.8. The molecule has 8 nitrogen and oxygen atoms in total. The van der Waals surface area contributed by atoms with E-state index in [0.717, 1.165) is 25.7 Å². The first-order chi connectivity index (χ1) is 13.7. The van der Waals surface area contributed by atoms with Gasteiger partial charge in [0.25, 0.3) is 5.91 Å². The number of hydrogen-bond acceptors (Lipinski definition) is 6. The molecule has 0 spiro atoms. The minimum Gasteiger partial charge on any atom is -0.394 e. The third kappa shape index (κ3) is 5.73. The molecule has 28 heavy (non-hydrogen) atoms. The third-order valence-corrected chi connectivity index (χ3v) is 5.41. The molecule has 0 saturated carbocycles. The van der Waals surface area contributed by atoms with Gasteiger partial charge in [0, 0.05) is 43.6 Å². The summed E-state index contributed by atoms with van der Waals surface area (Å²) in [5.74, 6) is -0.0732. The number of ether oxygens (including phenoxy) is 2. The molecule has 3 N–H and O–H groups in total. The summed E-state index contributed by atoms with van der Waals surface area (Å²) in [4.78, 5) is 28.4. The lowest BCUT2D eigenvalue weighted by Crippen LogP contribution is -2.51. The van der Waals surface area contributed by atoms with Crippen molar-refractivity contribution in [1.82, 2.24) is 15.6 Å². The zero-order chi connectivity index (χ0) is 19.8. The fourth-order valence-corrected chi connectivity index (χ4v) is 3.72. The molecule has 2 amide bonds. The standard InChI is InChI=1S/C20H29N3O5/c24-13-18-17(23-20(26)14-3-8-21-9-4-14)2-1-16(28-18)5-10-22-19(25)15-6-11-27-12-7-15/h3-4,8-9,15-18,24H,1-2,5-7,10-13H2,(H,22,25)(H,23,26)/t16-,17-,18-/m0/s1. The highest BCUT2D eigenvalue weighted by Gasteiger charge is 2.32. The van der Waals surface area contributed by atoms with Crippen LogP contribution in [0.5, 0.6) is 0 Å². The quantitative estimate of drug-likeness (QED) is 0.630. The van der Waals surface area contributed by atoms with E-state index in [9.17, 15) is 14.7 Å². The van der Waals surface area contributed by atoms with Crippen molar-refractivity contribution in [3.63, 3.8) is 0 Å². The number of rotatable bonds is 7. The highest BCUT2D eigenvalue weighted by Crippen LogP contribution is 2.22. The number of carbonyl (C=O) groups is 2. The van der Waals surface area contributed by atoms with E-state index in [0.29, 0.717) is 31.7 Å². The Balaban J connectivity index is 1.41. The molecular weight excluding hydrogens is 362 g/mol. The second kappa shape index (κ2) is 10.5. The SMILES string of the molecule is O=C(N[C@H]1CC[C@@H](CCNC(=O)C2CCOCC2)O[C@H]1CO)c1ccncc1. The predicted octanol–water partition coefficient (Wildman–Crippen LogP) is 0.653. The van der Waals surface area contributed by atoms with Crippen molar-refractivity contribution in [3.05, 3.63) is 30.1 Å². The Labute approximate surface area is 165 Å². The molecule has 1 aromatic rings. The van der Waals surface area contributed by atoms with Gasteiger partial charge < -0.3 is 25.2 Å². The van der Waals surface area contributed by atoms with Gasteiger partial charge in [0.15, 0.2) is 0 Å². The van der Waals surface area contributed by atoms with Crippen molar-refractivity contribution < 1.29 is 24.2 Å². The summed E-state index contributed by atoms with van der Waals surface area (Å²) in [7, 11) is 0. The molecular formula is C20H29N3O5. The largest absolute Gasteiger partial charge is 0.394 e. The number of nitrogens with zero attached hydrogens (tertiary/aromatic N) is 1. The molecule has 0 unspecified atom stereocenters. The smallest absolute Gasteiger partial charge is 0.251 e. The lowest BCUT2D eigenvalue weighted by molar-refractivity contribution is -0.128. The number of hydrogen-bond donors (Lipinski definition) is 3. The predicted molar refractivity (Wildman–Crippen MR) is 102 cm³/mol. The van der Waals surface area contributed by atoms with E-state index in [2.05, 4.69) is 15.6 Å². The number of amides is 2. The van der Waals surface area contributed by atoms with Crippen LogP contribution in [0.1, 0.15) is 42.5 Å². The summed E-state index contributed by atoms with van der Waals surface area (Å²) >= 11 is 0. The Kier molecular flexibility index (Phi) is 7.76. The van der Waals surface area contributed by atoms with Crippen LogP contribution in [0.4, 0.5) is 0 Å². The van der Waals surface area contributed by atoms with Crippen molar-refractivity contribution in [3.8, 4) is 0 Å². The summed E-state index contributed by atoms with van der Waals surface area (Å²) < 4.78 is 11.2. The Bertz CT molecular complexity index is 636. The molecule has 8 heteroatoms. The molecule has 2 aliphatic heterocycles. The second-order valence-electron chi connectivity index (χ2n) is 7.34. The maximum Gasteiger partial charge on any atom is 0.251 e. The zero-order valence-electron chi connectivity index (χ0n) is 16.0. The van der Waals surface area contributed by atoms with Gasteiger partial charge in [-0.15, -0.1) is 0 Å². The van der Waals surface area contributed by atoms with Crippen LogP contribution in [0.3, 0.4) is 0 Å². The summed E-state index contributed by atoms with van der Waals surface area (Å²) in [5.41, 5.74) is 0.532. The Morgan fingerprint density at radius 3 is 2.61 bits per heavy atom. The van der Waals surface area contributed by atoms with E-state index in [1.165, 1.54) is 0 Å². The molecule has 0 radical (unpaired) electrons. The zero-order valence-corrected chi connectivity index (χ0v) is 16.0. The topological polar surface area (TPSA) is 110 Å². The lowest BCUT2D eigenvalue weighted by atomic mass is 9.96. The van der Waals surface area contributed by atoms with Gasteiger partial charge in [0.2, 0.25) is 5.91 Å². The monoisotopic (exact) mass is 391 g/mol. The number of nitrogens with one attached hydrogen (secondary N) is 2. The van der Waals surface area contributed by atoms with E-state index in [4.69, 9.17) is 9.47 Å². The van der Waals surface area contributed by atoms with Crippen molar-refractivity contribution >= 4 is 11.8 Å². The molecule has 0 aliphatic carbocycles. The van der Waals surface area contributed by atoms with Crippen molar-refractivity contribution in [2.75, 3.05) is 26.4 Å². The van der Waals surface area contributed by atoms with Gasteiger partial charge in [-0.2, -0.15) is 0 Å². The van der Waals surface area contributed by atoms with Gasteiger partial charge >= 0.3 is 0 Å². The van der Waals surface area contributed by atoms with Gasteiger partial charge in [-0.25, -0.2) is 0 Å². The van der Waals surface area contributed by atoms with Crippen LogP contribution in [0.25, 0.3) is 0 Å². The first kappa shape index (κ1) is 20.7. The summed E-state index contributed by atoms with van der Waals surface area (Å²) in [6.07, 6.45) is 6.38. The first-order valence-electron chi connectivity index (χ1n) is 10.00. The maximum atomic E-state index is 12.3. The molecule has 3 rings (SSSR count). The number of pyridine rings is 1. The maximum absolute atomic E-state index is 12.3. The Morgan fingerprint density at radius 1 is 1.14 bits per heavy atom. The van der Waals surface area contributed by atoms with Gasteiger partial charge in [0.05, 0.1) is 18.8 Å². The Hall–Kier alpha value is -2.03. The fraction of sp³-hybridized carbons (Fsp3) is 0.650. The molecule has 1 aromatic heterocycles. The lowest BCUT2D eigenvalue weighted by Gasteiger charge is -2.36. The number of carbonyl (C=O) groups excluding carboxylic acids is 2. The van der Waals surface area contributed by atoms with Crippen LogP contribution in [-0.2, 0) is 14.3 Å². The summed E-state index contributed by atoms with van der Waals surface area (Å²) in [6.45, 7) is 1.68. The van der Waals surface area contributed by atoms with Gasteiger partial charge in [-0.1, -0.05) is 0 Å². The highest BCUT2D eigenvalue weighted by molar-refractivity contribution is 5.94. The van der Waals surface area contributed by atoms with Crippen molar-refractivity contribution in [2.24, 2.45) is 5.92 Å². The van der Waals surface area contributed by atoms with Crippen LogP contribution >= 0.6 is 0 Å². The first-order valence-corrected chi connectivity index (χ1v) is 10.00. The highest BCUT2D eigenvalue weighted by atomic mass is 16.5. The van der Waals surface area contributed by atoms with Gasteiger partial charge in [-0.3, -0.25) is 14.6 Å². The van der Waals surface area contributed by atoms with Gasteiger partial charge in [0.1, 0.15) is 6.10 Å².